The molecule has 0 saturated carbocycles. The summed E-state index contributed by atoms with van der Waals surface area (Å²) in [5.74, 6) is 1.57. The summed E-state index contributed by atoms with van der Waals surface area (Å²) >= 11 is 0. The number of hydrogen-bond donors (Lipinski definition) is 1. The Hall–Kier alpha value is -0.120. The Morgan fingerprint density at radius 3 is 2.87 bits per heavy atom. The van der Waals surface area contributed by atoms with Crippen LogP contribution in [0.1, 0.15) is 25.7 Å². The molecule has 1 N–H and O–H groups in total. The third-order valence-electron chi connectivity index (χ3n) is 4.21. The molecule has 136 valence electrons. The number of guanidine groups is 1. The third kappa shape index (κ3) is 8.00. The zero-order valence-electron chi connectivity index (χ0n) is 14.5. The zero-order chi connectivity index (χ0) is 15.6. The molecular formula is C16H32IN3O3. The predicted octanol–water partition coefficient (Wildman–Crippen LogP) is 1.73. The van der Waals surface area contributed by atoms with Crippen molar-refractivity contribution >= 4 is 29.9 Å². The second kappa shape index (κ2) is 12.3. The molecule has 0 aromatic heterocycles. The first kappa shape index (κ1) is 20.9. The second-order valence-electron chi connectivity index (χ2n) is 6.15. The molecule has 0 bridgehead atoms. The number of rotatable bonds is 8. The molecular weight excluding hydrogens is 409 g/mol. The van der Waals surface area contributed by atoms with Crippen molar-refractivity contribution in [3.63, 3.8) is 0 Å². The monoisotopic (exact) mass is 441 g/mol. The van der Waals surface area contributed by atoms with Crippen LogP contribution in [-0.4, -0.2) is 77.2 Å². The van der Waals surface area contributed by atoms with Crippen LogP contribution in [0.5, 0.6) is 0 Å². The summed E-state index contributed by atoms with van der Waals surface area (Å²) < 4.78 is 16.6. The highest BCUT2D eigenvalue weighted by molar-refractivity contribution is 14.0. The maximum Gasteiger partial charge on any atom is 0.193 e. The van der Waals surface area contributed by atoms with E-state index in [1.54, 1.807) is 0 Å². The van der Waals surface area contributed by atoms with Gasteiger partial charge in [0.15, 0.2) is 5.96 Å². The molecule has 2 aliphatic heterocycles. The SMILES string of the molecule is CN=C(NCCCOCC1CCCO1)N(C)CC1CCOC1.I. The average molecular weight is 441 g/mol. The van der Waals surface area contributed by atoms with E-state index in [2.05, 4.69) is 22.3 Å². The van der Waals surface area contributed by atoms with Crippen LogP contribution in [0.25, 0.3) is 0 Å². The molecule has 23 heavy (non-hydrogen) atoms. The number of hydrogen-bond acceptors (Lipinski definition) is 4. The van der Waals surface area contributed by atoms with Gasteiger partial charge in [0.2, 0.25) is 0 Å². The van der Waals surface area contributed by atoms with E-state index in [-0.39, 0.29) is 24.0 Å². The standard InChI is InChI=1S/C16H31N3O3.HI/c1-17-16(19(2)11-14-6-10-21-12-14)18-7-4-8-20-13-15-5-3-9-22-15;/h14-15H,3-13H2,1-2H3,(H,17,18);1H. The lowest BCUT2D eigenvalue weighted by Gasteiger charge is -2.24. The molecule has 7 heteroatoms. The Labute approximate surface area is 157 Å². The Morgan fingerprint density at radius 1 is 1.35 bits per heavy atom. The van der Waals surface area contributed by atoms with Crippen molar-refractivity contribution in [1.82, 2.24) is 10.2 Å². The van der Waals surface area contributed by atoms with Crippen LogP contribution < -0.4 is 5.32 Å². The van der Waals surface area contributed by atoms with E-state index >= 15 is 0 Å². The van der Waals surface area contributed by atoms with Crippen molar-refractivity contribution < 1.29 is 14.2 Å². The minimum atomic E-state index is 0. The number of nitrogens with one attached hydrogen (secondary N) is 1. The lowest BCUT2D eigenvalue weighted by Crippen LogP contribution is -2.42. The van der Waals surface area contributed by atoms with Gasteiger partial charge in [-0.1, -0.05) is 0 Å². The van der Waals surface area contributed by atoms with Crippen molar-refractivity contribution in [2.45, 2.75) is 31.8 Å². The first-order chi connectivity index (χ1) is 10.8. The van der Waals surface area contributed by atoms with Crippen molar-refractivity contribution in [2.75, 3.05) is 60.2 Å². The minimum absolute atomic E-state index is 0. The van der Waals surface area contributed by atoms with Crippen LogP contribution in [0.2, 0.25) is 0 Å². The largest absolute Gasteiger partial charge is 0.381 e. The molecule has 0 spiro atoms. The number of aliphatic imine (C=N–C) groups is 1. The Bertz CT molecular complexity index is 333. The fraction of sp³-hybridized carbons (Fsp3) is 0.938. The van der Waals surface area contributed by atoms with Gasteiger partial charge in [0.25, 0.3) is 0 Å². The molecule has 2 fully saturated rings. The Morgan fingerprint density at radius 2 is 2.22 bits per heavy atom. The lowest BCUT2D eigenvalue weighted by molar-refractivity contribution is 0.0168. The Kier molecular flexibility index (Phi) is 11.2. The van der Waals surface area contributed by atoms with Gasteiger partial charge in [-0.25, -0.2) is 0 Å². The van der Waals surface area contributed by atoms with Gasteiger partial charge in [-0.2, -0.15) is 0 Å². The molecule has 2 saturated heterocycles. The van der Waals surface area contributed by atoms with Gasteiger partial charge in [-0.05, 0) is 25.7 Å². The molecule has 0 amide bonds. The fourth-order valence-electron chi connectivity index (χ4n) is 2.95. The first-order valence-corrected chi connectivity index (χ1v) is 8.48. The van der Waals surface area contributed by atoms with E-state index in [1.165, 1.54) is 6.42 Å². The van der Waals surface area contributed by atoms with Gasteiger partial charge < -0.3 is 24.4 Å². The third-order valence-corrected chi connectivity index (χ3v) is 4.21. The van der Waals surface area contributed by atoms with Crippen LogP contribution in [-0.2, 0) is 14.2 Å². The van der Waals surface area contributed by atoms with Gasteiger partial charge >= 0.3 is 0 Å². The highest BCUT2D eigenvalue weighted by Crippen LogP contribution is 2.13. The number of ether oxygens (including phenoxy) is 3. The maximum atomic E-state index is 5.67. The summed E-state index contributed by atoms with van der Waals surface area (Å²) in [4.78, 5) is 6.53. The van der Waals surface area contributed by atoms with E-state index in [0.717, 1.165) is 71.3 Å². The fourth-order valence-corrected chi connectivity index (χ4v) is 2.95. The lowest BCUT2D eigenvalue weighted by atomic mass is 10.1. The second-order valence-corrected chi connectivity index (χ2v) is 6.15. The molecule has 0 aromatic rings. The highest BCUT2D eigenvalue weighted by atomic mass is 127. The van der Waals surface area contributed by atoms with E-state index in [9.17, 15) is 0 Å². The first-order valence-electron chi connectivity index (χ1n) is 8.48. The molecule has 2 atom stereocenters. The van der Waals surface area contributed by atoms with E-state index in [1.807, 2.05) is 7.05 Å². The molecule has 6 nitrogen and oxygen atoms in total. The number of nitrogens with zero attached hydrogens (tertiary/aromatic N) is 2. The van der Waals surface area contributed by atoms with Gasteiger partial charge in [0.05, 0.1) is 19.3 Å². The van der Waals surface area contributed by atoms with Crippen LogP contribution in [0.3, 0.4) is 0 Å². The highest BCUT2D eigenvalue weighted by Gasteiger charge is 2.19. The van der Waals surface area contributed by atoms with Gasteiger partial charge in [-0.15, -0.1) is 24.0 Å². The van der Waals surface area contributed by atoms with Crippen LogP contribution in [0.15, 0.2) is 4.99 Å². The molecule has 2 rings (SSSR count). The van der Waals surface area contributed by atoms with Crippen molar-refractivity contribution in [2.24, 2.45) is 10.9 Å². The average Bonchev–Trinajstić information content (AvgIpc) is 3.20. The molecule has 0 aliphatic carbocycles. The maximum absolute atomic E-state index is 5.67. The van der Waals surface area contributed by atoms with Crippen molar-refractivity contribution in [1.29, 1.82) is 0 Å². The molecule has 2 aliphatic rings. The smallest absolute Gasteiger partial charge is 0.193 e. The van der Waals surface area contributed by atoms with Crippen molar-refractivity contribution in [3.05, 3.63) is 0 Å². The summed E-state index contributed by atoms with van der Waals surface area (Å²) in [6, 6.07) is 0. The summed E-state index contributed by atoms with van der Waals surface area (Å²) in [6.07, 6.45) is 4.76. The number of halogens is 1. The van der Waals surface area contributed by atoms with Gasteiger partial charge in [-0.3, -0.25) is 4.99 Å². The quantitative estimate of drug-likeness (QED) is 0.269. The van der Waals surface area contributed by atoms with E-state index in [0.29, 0.717) is 12.0 Å². The van der Waals surface area contributed by atoms with Crippen LogP contribution in [0, 0.1) is 5.92 Å². The van der Waals surface area contributed by atoms with Gasteiger partial charge in [0.1, 0.15) is 0 Å². The van der Waals surface area contributed by atoms with E-state index < -0.39 is 0 Å². The van der Waals surface area contributed by atoms with Gasteiger partial charge in [0, 0.05) is 52.9 Å². The topological polar surface area (TPSA) is 55.3 Å². The normalized spacial score (nSPS) is 24.5. The molecule has 0 aromatic carbocycles. The molecule has 0 radical (unpaired) electrons. The molecule has 2 heterocycles. The summed E-state index contributed by atoms with van der Waals surface area (Å²) in [5, 5.41) is 3.40. The Balaban J connectivity index is 0.00000264. The van der Waals surface area contributed by atoms with E-state index in [4.69, 9.17) is 14.2 Å². The summed E-state index contributed by atoms with van der Waals surface area (Å²) in [5.41, 5.74) is 0. The van der Waals surface area contributed by atoms with Crippen molar-refractivity contribution in [3.8, 4) is 0 Å². The summed E-state index contributed by atoms with van der Waals surface area (Å²) in [6.45, 7) is 6.04. The predicted molar refractivity (Wildman–Crippen MR) is 103 cm³/mol. The van der Waals surface area contributed by atoms with Crippen LogP contribution in [0.4, 0.5) is 0 Å². The molecule has 2 unspecified atom stereocenters. The van der Waals surface area contributed by atoms with Crippen LogP contribution >= 0.6 is 24.0 Å². The summed E-state index contributed by atoms with van der Waals surface area (Å²) in [7, 11) is 3.92. The zero-order valence-corrected chi connectivity index (χ0v) is 16.8. The minimum Gasteiger partial charge on any atom is -0.381 e.